The molecule has 7 heteroatoms. The second-order valence-corrected chi connectivity index (χ2v) is 7.72. The molecule has 0 saturated carbocycles. The number of hydrogen-bond donors (Lipinski definition) is 2. The van der Waals surface area contributed by atoms with Gasteiger partial charge in [0.25, 0.3) is 0 Å². The number of pyridine rings is 2. The number of fused-ring (bicyclic) bond motifs is 3. The molecule has 7 nitrogen and oxygen atoms in total. The smallest absolute Gasteiger partial charge is 0.204 e. The van der Waals surface area contributed by atoms with E-state index in [-0.39, 0.29) is 0 Å². The highest BCUT2D eigenvalue weighted by molar-refractivity contribution is 6.08. The molecule has 0 bridgehead atoms. The number of aromatic nitrogens is 6. The maximum Gasteiger partial charge on any atom is 0.204 e. The molecule has 30 heavy (non-hydrogen) atoms. The molecule has 1 atom stereocenters. The number of aryl methyl sites for hydroxylation is 1. The second kappa shape index (κ2) is 7.18. The number of hydrogen-bond acceptors (Lipinski definition) is 6. The first-order valence-electron chi connectivity index (χ1n) is 9.87. The number of nitrogens with two attached hydrogens (primary N) is 1. The molecular weight excluding hydrogens is 374 g/mol. The summed E-state index contributed by atoms with van der Waals surface area (Å²) in [5.41, 5.74) is 12.4. The molecule has 5 aromatic rings. The van der Waals surface area contributed by atoms with E-state index in [1.807, 2.05) is 18.3 Å². The molecule has 3 N–H and O–H groups in total. The van der Waals surface area contributed by atoms with Crippen molar-refractivity contribution >= 4 is 27.6 Å². The quantitative estimate of drug-likeness (QED) is 0.442. The Morgan fingerprint density at radius 3 is 2.63 bits per heavy atom. The lowest BCUT2D eigenvalue weighted by molar-refractivity contribution is 0.757. The van der Waals surface area contributed by atoms with Crippen LogP contribution in [-0.4, -0.2) is 30.6 Å². The monoisotopic (exact) mass is 395 g/mol. The summed E-state index contributed by atoms with van der Waals surface area (Å²) < 4.78 is 0. The van der Waals surface area contributed by atoms with E-state index in [1.54, 1.807) is 0 Å². The first-order valence-corrected chi connectivity index (χ1v) is 9.87. The summed E-state index contributed by atoms with van der Waals surface area (Å²) in [5, 5.41) is 16.3. The largest absolute Gasteiger partial charge is 0.382 e. The highest BCUT2D eigenvalue weighted by Gasteiger charge is 2.13. The normalized spacial score (nSPS) is 12.5. The van der Waals surface area contributed by atoms with Crippen LogP contribution in [0.25, 0.3) is 33.2 Å². The first kappa shape index (κ1) is 18.2. The van der Waals surface area contributed by atoms with Gasteiger partial charge in [0.15, 0.2) is 5.82 Å². The molecule has 0 amide bonds. The van der Waals surface area contributed by atoms with Crippen LogP contribution in [0.3, 0.4) is 0 Å². The Morgan fingerprint density at radius 1 is 1.03 bits per heavy atom. The zero-order valence-corrected chi connectivity index (χ0v) is 16.8. The molecule has 148 valence electrons. The summed E-state index contributed by atoms with van der Waals surface area (Å²) in [6, 6.07) is 16.7. The lowest BCUT2D eigenvalue weighted by Crippen LogP contribution is -2.01. The first-order chi connectivity index (χ1) is 14.6. The average Bonchev–Trinajstić information content (AvgIpc) is 3.29. The van der Waals surface area contributed by atoms with Gasteiger partial charge in [-0.1, -0.05) is 43.3 Å². The predicted molar refractivity (Wildman–Crippen MR) is 118 cm³/mol. The molecule has 0 aliphatic rings. The number of H-pyrrole nitrogens is 1. The van der Waals surface area contributed by atoms with E-state index < -0.39 is 0 Å². The van der Waals surface area contributed by atoms with Crippen molar-refractivity contribution in [3.8, 4) is 11.4 Å². The van der Waals surface area contributed by atoms with Crippen LogP contribution in [0, 0.1) is 6.92 Å². The van der Waals surface area contributed by atoms with E-state index in [4.69, 9.17) is 5.73 Å². The zero-order chi connectivity index (χ0) is 20.7. The number of anilines is 1. The topological polar surface area (TPSA) is 106 Å². The predicted octanol–water partition coefficient (Wildman–Crippen LogP) is 4.20. The maximum atomic E-state index is 6.19. The summed E-state index contributed by atoms with van der Waals surface area (Å²) in [4.78, 5) is 9.18. The minimum absolute atomic E-state index is 0.299. The van der Waals surface area contributed by atoms with Gasteiger partial charge in [0.1, 0.15) is 5.52 Å². The second-order valence-electron chi connectivity index (χ2n) is 7.72. The Hall–Kier alpha value is -3.87. The lowest BCUT2D eigenvalue weighted by atomic mass is 9.93. The summed E-state index contributed by atoms with van der Waals surface area (Å²) >= 11 is 0. The number of nitrogens with one attached hydrogen (secondary N) is 1. The molecule has 0 spiro atoms. The third-order valence-corrected chi connectivity index (χ3v) is 5.50. The molecule has 0 radical (unpaired) electrons. The van der Waals surface area contributed by atoms with Crippen LogP contribution >= 0.6 is 0 Å². The Kier molecular flexibility index (Phi) is 4.35. The van der Waals surface area contributed by atoms with Crippen LogP contribution in [0.4, 0.5) is 5.82 Å². The van der Waals surface area contributed by atoms with E-state index in [9.17, 15) is 0 Å². The number of rotatable bonds is 4. The Balaban J connectivity index is 1.47. The van der Waals surface area contributed by atoms with Gasteiger partial charge in [-0.3, -0.25) is 4.98 Å². The highest BCUT2D eigenvalue weighted by atomic mass is 15.5. The summed E-state index contributed by atoms with van der Waals surface area (Å²) in [6.07, 6.45) is 2.82. The molecule has 1 unspecified atom stereocenters. The van der Waals surface area contributed by atoms with E-state index in [0.29, 0.717) is 17.6 Å². The number of nitrogen functional groups attached to an aromatic ring is 1. The number of tetrazole rings is 1. The minimum atomic E-state index is 0.299. The van der Waals surface area contributed by atoms with Crippen molar-refractivity contribution in [1.82, 2.24) is 30.6 Å². The van der Waals surface area contributed by atoms with Crippen molar-refractivity contribution in [1.29, 1.82) is 0 Å². The van der Waals surface area contributed by atoms with E-state index >= 15 is 0 Å². The zero-order valence-electron chi connectivity index (χ0n) is 16.8. The highest BCUT2D eigenvalue weighted by Crippen LogP contribution is 2.30. The third kappa shape index (κ3) is 3.24. The Labute approximate surface area is 173 Å². The number of aromatic amines is 1. The molecule has 5 rings (SSSR count). The Morgan fingerprint density at radius 2 is 1.87 bits per heavy atom. The van der Waals surface area contributed by atoms with Crippen molar-refractivity contribution < 1.29 is 0 Å². The van der Waals surface area contributed by atoms with Crippen LogP contribution in [0.1, 0.15) is 29.5 Å². The third-order valence-electron chi connectivity index (χ3n) is 5.50. The Bertz CT molecular complexity index is 1340. The molecule has 0 saturated heterocycles. The van der Waals surface area contributed by atoms with Crippen LogP contribution in [0.5, 0.6) is 0 Å². The number of benzene rings is 2. The van der Waals surface area contributed by atoms with Gasteiger partial charge in [-0.15, -0.1) is 10.2 Å². The van der Waals surface area contributed by atoms with Crippen LogP contribution in [-0.2, 0) is 6.42 Å². The van der Waals surface area contributed by atoms with Gasteiger partial charge in [0, 0.05) is 22.5 Å². The standard InChI is InChI=1S/C23H21N7/c1-13-3-8-18-19-11-17(12-25-21(19)22(24)26-20(18)9-13)14(2)10-15-4-6-16(7-5-15)23-27-29-30-28-23/h3-9,11-12,14H,10H2,1-2H3,(H2,24,26)(H,27,28,29,30). The lowest BCUT2D eigenvalue weighted by Gasteiger charge is -2.14. The number of nitrogens with zero attached hydrogens (tertiary/aromatic N) is 5. The van der Waals surface area contributed by atoms with Crippen LogP contribution < -0.4 is 5.73 Å². The van der Waals surface area contributed by atoms with E-state index in [0.717, 1.165) is 39.4 Å². The van der Waals surface area contributed by atoms with Gasteiger partial charge < -0.3 is 5.73 Å². The van der Waals surface area contributed by atoms with Gasteiger partial charge in [0.2, 0.25) is 5.82 Å². The van der Waals surface area contributed by atoms with Gasteiger partial charge in [-0.2, -0.15) is 5.21 Å². The fourth-order valence-electron chi connectivity index (χ4n) is 3.85. The van der Waals surface area contributed by atoms with Gasteiger partial charge in [-0.25, -0.2) is 4.98 Å². The summed E-state index contributed by atoms with van der Waals surface area (Å²) in [6.45, 7) is 4.27. The van der Waals surface area contributed by atoms with E-state index in [2.05, 4.69) is 80.8 Å². The van der Waals surface area contributed by atoms with Crippen molar-refractivity contribution in [3.05, 3.63) is 71.4 Å². The maximum absolute atomic E-state index is 6.19. The van der Waals surface area contributed by atoms with Gasteiger partial charge in [0.05, 0.1) is 5.52 Å². The molecule has 3 aromatic heterocycles. The van der Waals surface area contributed by atoms with Crippen molar-refractivity contribution in [2.45, 2.75) is 26.2 Å². The SMILES string of the molecule is Cc1ccc2c(c1)nc(N)c1ncc(C(C)Cc3ccc(-c4nn[nH]n4)cc3)cc12. The average molecular weight is 395 g/mol. The summed E-state index contributed by atoms with van der Waals surface area (Å²) in [7, 11) is 0. The van der Waals surface area contributed by atoms with Crippen molar-refractivity contribution in [2.24, 2.45) is 0 Å². The fourth-order valence-corrected chi connectivity index (χ4v) is 3.85. The van der Waals surface area contributed by atoms with Gasteiger partial charge in [-0.05, 0) is 53.3 Å². The molecule has 0 fully saturated rings. The van der Waals surface area contributed by atoms with Crippen molar-refractivity contribution in [3.63, 3.8) is 0 Å². The van der Waals surface area contributed by atoms with Crippen molar-refractivity contribution in [2.75, 3.05) is 5.73 Å². The molecule has 0 aliphatic carbocycles. The van der Waals surface area contributed by atoms with Gasteiger partial charge >= 0.3 is 0 Å². The van der Waals surface area contributed by atoms with E-state index in [1.165, 1.54) is 11.1 Å². The fraction of sp³-hybridized carbons (Fsp3) is 0.174. The van der Waals surface area contributed by atoms with Crippen LogP contribution in [0.2, 0.25) is 0 Å². The molecular formula is C23H21N7. The molecule has 0 aliphatic heterocycles. The molecule has 2 aromatic carbocycles. The summed E-state index contributed by atoms with van der Waals surface area (Å²) in [5.74, 6) is 1.37. The minimum Gasteiger partial charge on any atom is -0.382 e. The molecule has 3 heterocycles. The van der Waals surface area contributed by atoms with Crippen LogP contribution in [0.15, 0.2) is 54.7 Å².